The van der Waals surface area contributed by atoms with E-state index in [9.17, 15) is 0 Å². The lowest BCUT2D eigenvalue weighted by Crippen LogP contribution is -2.10. The second kappa shape index (κ2) is 11.9. The third-order valence-electron chi connectivity index (χ3n) is 10.6. The summed E-state index contributed by atoms with van der Waals surface area (Å²) in [4.78, 5) is 2.33. The maximum Gasteiger partial charge on any atom is 0.159 e. The second-order valence-electron chi connectivity index (χ2n) is 13.7. The largest absolute Gasteiger partial charge is 0.454 e. The first-order valence-electron chi connectivity index (χ1n) is 18.0. The highest BCUT2D eigenvalue weighted by Gasteiger charge is 2.22. The molecule has 0 radical (unpaired) electrons. The van der Waals surface area contributed by atoms with Crippen molar-refractivity contribution in [2.45, 2.75) is 0 Å². The number of para-hydroxylation sites is 1. The average Bonchev–Trinajstić information content (AvgIpc) is 3.81. The predicted molar refractivity (Wildman–Crippen MR) is 227 cm³/mol. The molecule has 0 unspecified atom stereocenters. The Kier molecular flexibility index (Phi) is 6.76. The minimum Gasteiger partial charge on any atom is -0.454 e. The maximum absolute atomic E-state index is 6.91. The number of thiophene rings is 1. The van der Waals surface area contributed by atoms with E-state index in [1.165, 1.54) is 69.4 Å². The summed E-state index contributed by atoms with van der Waals surface area (Å²) in [6.45, 7) is 0. The molecule has 0 saturated carbocycles. The van der Waals surface area contributed by atoms with Crippen molar-refractivity contribution in [1.82, 2.24) is 0 Å². The summed E-state index contributed by atoms with van der Waals surface area (Å²) in [5, 5.41) is 9.89. The number of nitrogens with zero attached hydrogens (tertiary/aromatic N) is 1. The minimum absolute atomic E-state index is 0.876. The van der Waals surface area contributed by atoms with E-state index in [0.29, 0.717) is 0 Å². The van der Waals surface area contributed by atoms with Gasteiger partial charge in [-0.05, 0) is 92.3 Å². The topological polar surface area (TPSA) is 16.4 Å². The monoisotopic (exact) mass is 693 g/mol. The molecule has 2 heterocycles. The Morgan fingerprint density at radius 3 is 1.81 bits per heavy atom. The average molecular weight is 694 g/mol. The van der Waals surface area contributed by atoms with Crippen molar-refractivity contribution in [3.63, 3.8) is 0 Å². The van der Waals surface area contributed by atoms with Crippen LogP contribution in [-0.2, 0) is 0 Å². The molecule has 11 aromatic rings. The molecule has 0 bridgehead atoms. The first kappa shape index (κ1) is 30.0. The molecule has 9 aromatic carbocycles. The van der Waals surface area contributed by atoms with Gasteiger partial charge in [-0.3, -0.25) is 0 Å². The van der Waals surface area contributed by atoms with E-state index in [2.05, 4.69) is 193 Å². The highest BCUT2D eigenvalue weighted by Crippen LogP contribution is 2.48. The zero-order valence-electron chi connectivity index (χ0n) is 28.7. The molecule has 0 N–H and O–H groups in total. The number of rotatable bonds is 5. The lowest BCUT2D eigenvalue weighted by atomic mass is 10.0. The van der Waals surface area contributed by atoms with Gasteiger partial charge in [0.1, 0.15) is 5.58 Å². The number of anilines is 3. The fourth-order valence-corrected chi connectivity index (χ4v) is 9.32. The summed E-state index contributed by atoms with van der Waals surface area (Å²) in [6, 6.07) is 67.7. The highest BCUT2D eigenvalue weighted by atomic mass is 32.1. The van der Waals surface area contributed by atoms with E-state index >= 15 is 0 Å². The first-order chi connectivity index (χ1) is 26.3. The van der Waals surface area contributed by atoms with Crippen LogP contribution in [0.1, 0.15) is 0 Å². The lowest BCUT2D eigenvalue weighted by Gasteiger charge is -2.26. The molecule has 0 aliphatic rings. The summed E-state index contributed by atoms with van der Waals surface area (Å²) in [7, 11) is 0. The Bertz CT molecular complexity index is 3150. The van der Waals surface area contributed by atoms with Crippen molar-refractivity contribution in [3.05, 3.63) is 188 Å². The number of hydrogen-bond acceptors (Lipinski definition) is 3. The molecule has 0 aliphatic carbocycles. The standard InChI is InChI=1S/C50H31NOS/c1-2-9-32(10-3-1)34-19-24-39(25-20-34)51(40-26-21-35(22-27-40)38-18-17-33-11-4-5-13-37(33)31-38)44-16-8-15-42-47-45(52-49(42)44)29-30-46-48(47)43-28-23-36-12-6-7-14-41(36)50(43)53-46/h1-31H. The number of fused-ring (bicyclic) bond motifs is 10. The third-order valence-corrected chi connectivity index (χ3v) is 11.9. The van der Waals surface area contributed by atoms with Gasteiger partial charge in [-0.2, -0.15) is 0 Å². The second-order valence-corrected chi connectivity index (χ2v) is 14.7. The van der Waals surface area contributed by atoms with Crippen molar-refractivity contribution >= 4 is 92.1 Å². The van der Waals surface area contributed by atoms with Crippen LogP contribution in [0.5, 0.6) is 0 Å². The zero-order valence-corrected chi connectivity index (χ0v) is 29.5. The number of benzene rings is 9. The van der Waals surface area contributed by atoms with Gasteiger partial charge in [-0.15, -0.1) is 11.3 Å². The molecule has 0 atom stereocenters. The van der Waals surface area contributed by atoms with E-state index in [-0.39, 0.29) is 0 Å². The van der Waals surface area contributed by atoms with Gasteiger partial charge in [0.05, 0.1) is 5.69 Å². The summed E-state index contributed by atoms with van der Waals surface area (Å²) < 4.78 is 9.51. The molecular formula is C50H31NOS. The van der Waals surface area contributed by atoms with Crippen LogP contribution in [0.3, 0.4) is 0 Å². The van der Waals surface area contributed by atoms with Crippen LogP contribution in [0.2, 0.25) is 0 Å². The lowest BCUT2D eigenvalue weighted by molar-refractivity contribution is 0.669. The fraction of sp³-hybridized carbons (Fsp3) is 0. The molecule has 0 fully saturated rings. The fourth-order valence-electron chi connectivity index (χ4n) is 8.08. The Hall–Kier alpha value is -6.68. The summed E-state index contributed by atoms with van der Waals surface area (Å²) in [6.07, 6.45) is 0. The Morgan fingerprint density at radius 1 is 0.396 bits per heavy atom. The Labute approximate surface area is 310 Å². The molecule has 0 aliphatic heterocycles. The smallest absolute Gasteiger partial charge is 0.159 e. The van der Waals surface area contributed by atoms with E-state index in [4.69, 9.17) is 4.42 Å². The predicted octanol–water partition coefficient (Wildman–Crippen LogP) is 15.1. The molecule has 3 heteroatoms. The van der Waals surface area contributed by atoms with Crippen LogP contribution in [0.4, 0.5) is 17.1 Å². The highest BCUT2D eigenvalue weighted by molar-refractivity contribution is 7.27. The molecule has 11 rings (SSSR count). The normalized spacial score (nSPS) is 11.8. The van der Waals surface area contributed by atoms with E-state index in [0.717, 1.165) is 33.6 Å². The molecular weight excluding hydrogens is 663 g/mol. The molecule has 0 saturated heterocycles. The first-order valence-corrected chi connectivity index (χ1v) is 18.8. The van der Waals surface area contributed by atoms with Gasteiger partial charge in [0, 0.05) is 42.3 Å². The molecule has 0 spiro atoms. The van der Waals surface area contributed by atoms with Gasteiger partial charge in [-0.1, -0.05) is 140 Å². The van der Waals surface area contributed by atoms with Crippen LogP contribution < -0.4 is 4.90 Å². The minimum atomic E-state index is 0.876. The summed E-state index contributed by atoms with van der Waals surface area (Å²) in [5.74, 6) is 0. The third kappa shape index (κ3) is 4.86. The van der Waals surface area contributed by atoms with E-state index in [1.807, 2.05) is 11.3 Å². The summed E-state index contributed by atoms with van der Waals surface area (Å²) in [5.41, 5.74) is 9.67. The van der Waals surface area contributed by atoms with Crippen molar-refractivity contribution in [1.29, 1.82) is 0 Å². The summed E-state index contributed by atoms with van der Waals surface area (Å²) >= 11 is 1.87. The van der Waals surface area contributed by atoms with Crippen molar-refractivity contribution in [3.8, 4) is 22.3 Å². The van der Waals surface area contributed by atoms with E-state index in [1.54, 1.807) is 0 Å². The van der Waals surface area contributed by atoms with Crippen LogP contribution in [-0.4, -0.2) is 0 Å². The van der Waals surface area contributed by atoms with Gasteiger partial charge < -0.3 is 9.32 Å². The van der Waals surface area contributed by atoms with Crippen LogP contribution in [0.15, 0.2) is 192 Å². The van der Waals surface area contributed by atoms with Gasteiger partial charge in [0.25, 0.3) is 0 Å². The van der Waals surface area contributed by atoms with E-state index < -0.39 is 0 Å². The molecule has 53 heavy (non-hydrogen) atoms. The zero-order chi connectivity index (χ0) is 34.9. The quantitative estimate of drug-likeness (QED) is 0.178. The van der Waals surface area contributed by atoms with Gasteiger partial charge >= 0.3 is 0 Å². The van der Waals surface area contributed by atoms with Gasteiger partial charge in [0.15, 0.2) is 5.58 Å². The van der Waals surface area contributed by atoms with Crippen molar-refractivity contribution in [2.75, 3.05) is 4.90 Å². The molecule has 2 aromatic heterocycles. The number of hydrogen-bond donors (Lipinski definition) is 0. The van der Waals surface area contributed by atoms with Crippen molar-refractivity contribution < 1.29 is 4.42 Å². The number of furan rings is 1. The molecule has 0 amide bonds. The van der Waals surface area contributed by atoms with Crippen LogP contribution in [0.25, 0.3) is 85.9 Å². The Balaban J connectivity index is 1.10. The van der Waals surface area contributed by atoms with Crippen LogP contribution in [0, 0.1) is 0 Å². The van der Waals surface area contributed by atoms with Crippen molar-refractivity contribution in [2.24, 2.45) is 0 Å². The van der Waals surface area contributed by atoms with Crippen LogP contribution >= 0.6 is 11.3 Å². The molecule has 248 valence electrons. The maximum atomic E-state index is 6.91. The SMILES string of the molecule is c1ccc(-c2ccc(N(c3ccc(-c4ccc5ccccc5c4)cc3)c3cccc4c3oc3ccc5sc6c7ccccc7ccc6c5c34)cc2)cc1. The van der Waals surface area contributed by atoms with Gasteiger partial charge in [-0.25, -0.2) is 0 Å². The Morgan fingerprint density at radius 2 is 1.02 bits per heavy atom. The molecule has 2 nitrogen and oxygen atoms in total. The van der Waals surface area contributed by atoms with Gasteiger partial charge in [0.2, 0.25) is 0 Å².